The number of halogens is 1. The molecule has 0 unspecified atom stereocenters. The zero-order valence-corrected chi connectivity index (χ0v) is 19.0. The molecule has 12 heteroatoms. The van der Waals surface area contributed by atoms with Gasteiger partial charge in [-0.1, -0.05) is 29.8 Å². The van der Waals surface area contributed by atoms with Gasteiger partial charge in [0.2, 0.25) is 0 Å². The monoisotopic (exact) mass is 503 g/mol. The number of amides is 2. The van der Waals surface area contributed by atoms with Crippen molar-refractivity contribution < 1.29 is 32.6 Å². The summed E-state index contributed by atoms with van der Waals surface area (Å²) in [6.07, 6.45) is 0.937. The standard InChI is InChI=1S/C22H18ClN3O7S/c23-18-8-7-16(12-17(18)21(28)24-10-11-33-15-4-2-1-3-5-15)34(31,32)26-20(27)14-6-9-19(22(29)30)25-13-14/h1-9,12-13H,10-11H2,(H,24,28)(H,26,27)(H,29,30). The minimum Gasteiger partial charge on any atom is -0.492 e. The first-order chi connectivity index (χ1) is 16.2. The number of nitrogens with zero attached hydrogens (tertiary/aromatic N) is 1. The van der Waals surface area contributed by atoms with Crippen molar-refractivity contribution in [3.63, 3.8) is 0 Å². The van der Waals surface area contributed by atoms with Gasteiger partial charge in [-0.25, -0.2) is 22.9 Å². The fraction of sp³-hybridized carbons (Fsp3) is 0.0909. The van der Waals surface area contributed by atoms with Crippen LogP contribution in [0.2, 0.25) is 5.02 Å². The predicted octanol–water partition coefficient (Wildman–Crippen LogP) is 2.36. The number of benzene rings is 2. The maximum atomic E-state index is 12.7. The van der Waals surface area contributed by atoms with E-state index in [2.05, 4.69) is 10.3 Å². The van der Waals surface area contributed by atoms with Crippen LogP contribution in [0.15, 0.2) is 71.8 Å². The van der Waals surface area contributed by atoms with E-state index in [-0.39, 0.29) is 39.9 Å². The van der Waals surface area contributed by atoms with Crippen molar-refractivity contribution in [3.8, 4) is 5.75 Å². The van der Waals surface area contributed by atoms with Crippen molar-refractivity contribution in [2.75, 3.05) is 13.2 Å². The second kappa shape index (κ2) is 10.8. The molecule has 0 bridgehead atoms. The van der Waals surface area contributed by atoms with E-state index in [9.17, 15) is 22.8 Å². The highest BCUT2D eigenvalue weighted by Crippen LogP contribution is 2.21. The number of pyridine rings is 1. The number of sulfonamides is 1. The van der Waals surface area contributed by atoms with E-state index < -0.39 is 27.8 Å². The van der Waals surface area contributed by atoms with Gasteiger partial charge < -0.3 is 15.2 Å². The lowest BCUT2D eigenvalue weighted by Crippen LogP contribution is -2.31. The molecular formula is C22H18ClN3O7S. The van der Waals surface area contributed by atoms with E-state index in [0.29, 0.717) is 5.75 Å². The first kappa shape index (κ1) is 24.7. The molecule has 0 radical (unpaired) electrons. The Balaban J connectivity index is 1.66. The lowest BCUT2D eigenvalue weighted by Gasteiger charge is -2.11. The fourth-order valence-corrected chi connectivity index (χ4v) is 3.89. The highest BCUT2D eigenvalue weighted by atomic mass is 35.5. The first-order valence-electron chi connectivity index (χ1n) is 9.69. The number of aromatic nitrogens is 1. The van der Waals surface area contributed by atoms with Gasteiger partial charge in [0.1, 0.15) is 18.1 Å². The molecule has 0 aliphatic heterocycles. The van der Waals surface area contributed by atoms with Crippen LogP contribution >= 0.6 is 11.6 Å². The molecule has 0 atom stereocenters. The quantitative estimate of drug-likeness (QED) is 0.376. The molecule has 2 amide bonds. The Kier molecular flexibility index (Phi) is 7.82. The van der Waals surface area contributed by atoms with Crippen molar-refractivity contribution in [1.82, 2.24) is 15.0 Å². The van der Waals surface area contributed by atoms with Crippen molar-refractivity contribution in [2.45, 2.75) is 4.90 Å². The third-order valence-corrected chi connectivity index (χ3v) is 6.02. The zero-order chi connectivity index (χ0) is 24.7. The molecular weight excluding hydrogens is 486 g/mol. The number of carbonyl (C=O) groups excluding carboxylic acids is 2. The van der Waals surface area contributed by atoms with Crippen LogP contribution in [-0.2, 0) is 10.0 Å². The molecule has 0 spiro atoms. The van der Waals surface area contributed by atoms with Gasteiger partial charge in [0.05, 0.1) is 27.6 Å². The lowest BCUT2D eigenvalue weighted by molar-refractivity contribution is 0.0689. The van der Waals surface area contributed by atoms with Crippen LogP contribution in [0.4, 0.5) is 0 Å². The number of carboxylic acids is 1. The molecule has 0 aliphatic rings. The smallest absolute Gasteiger partial charge is 0.354 e. The minimum absolute atomic E-state index is 0.0141. The average Bonchev–Trinajstić information content (AvgIpc) is 2.82. The number of aromatic carboxylic acids is 1. The Morgan fingerprint density at radius 3 is 2.38 bits per heavy atom. The molecule has 1 heterocycles. The molecule has 3 N–H and O–H groups in total. The van der Waals surface area contributed by atoms with Gasteiger partial charge in [-0.2, -0.15) is 0 Å². The maximum Gasteiger partial charge on any atom is 0.354 e. The van der Waals surface area contributed by atoms with E-state index in [0.717, 1.165) is 30.5 Å². The van der Waals surface area contributed by atoms with Gasteiger partial charge in [-0.05, 0) is 42.5 Å². The van der Waals surface area contributed by atoms with E-state index in [1.807, 2.05) is 10.8 Å². The summed E-state index contributed by atoms with van der Waals surface area (Å²) in [6.45, 7) is 0.313. The topological polar surface area (TPSA) is 152 Å². The zero-order valence-electron chi connectivity index (χ0n) is 17.4. The van der Waals surface area contributed by atoms with Crippen LogP contribution in [0.25, 0.3) is 0 Å². The van der Waals surface area contributed by atoms with E-state index in [1.54, 1.807) is 24.3 Å². The number of ether oxygens (including phenoxy) is 1. The molecule has 0 fully saturated rings. The minimum atomic E-state index is -4.38. The summed E-state index contributed by atoms with van der Waals surface area (Å²) in [5, 5.41) is 11.5. The number of carbonyl (C=O) groups is 3. The van der Waals surface area contributed by atoms with Crippen molar-refractivity contribution in [2.24, 2.45) is 0 Å². The highest BCUT2D eigenvalue weighted by molar-refractivity contribution is 7.90. The Morgan fingerprint density at radius 1 is 1.00 bits per heavy atom. The fourth-order valence-electron chi connectivity index (χ4n) is 2.69. The molecule has 176 valence electrons. The molecule has 0 aliphatic carbocycles. The molecule has 3 aromatic rings. The van der Waals surface area contributed by atoms with Gasteiger partial charge in [0.25, 0.3) is 21.8 Å². The van der Waals surface area contributed by atoms with Gasteiger partial charge >= 0.3 is 5.97 Å². The number of hydrogen-bond donors (Lipinski definition) is 3. The van der Waals surface area contributed by atoms with E-state index in [4.69, 9.17) is 21.4 Å². The van der Waals surface area contributed by atoms with Crippen LogP contribution in [-0.4, -0.2) is 49.4 Å². The third-order valence-electron chi connectivity index (χ3n) is 4.36. The summed E-state index contributed by atoms with van der Waals surface area (Å²) in [4.78, 5) is 38.8. The molecule has 0 saturated carbocycles. The second-order valence-electron chi connectivity index (χ2n) is 6.73. The van der Waals surface area contributed by atoms with Gasteiger partial charge in [0.15, 0.2) is 0 Å². The summed E-state index contributed by atoms with van der Waals surface area (Å²) in [6, 6.07) is 14.6. The van der Waals surface area contributed by atoms with Crippen LogP contribution in [0, 0.1) is 0 Å². The SMILES string of the molecule is O=C(NS(=O)(=O)c1ccc(Cl)c(C(=O)NCCOc2ccccc2)c1)c1ccc(C(=O)O)nc1. The van der Waals surface area contributed by atoms with Gasteiger partial charge in [-0.3, -0.25) is 9.59 Å². The maximum absolute atomic E-state index is 12.7. The Morgan fingerprint density at radius 2 is 1.74 bits per heavy atom. The van der Waals surface area contributed by atoms with Crippen molar-refractivity contribution >= 4 is 39.4 Å². The summed E-state index contributed by atoms with van der Waals surface area (Å²) in [5.74, 6) is -2.31. The summed E-state index contributed by atoms with van der Waals surface area (Å²) in [7, 11) is -4.38. The molecule has 2 aromatic carbocycles. The number of nitrogens with one attached hydrogen (secondary N) is 2. The van der Waals surface area contributed by atoms with E-state index >= 15 is 0 Å². The highest BCUT2D eigenvalue weighted by Gasteiger charge is 2.22. The number of hydrogen-bond acceptors (Lipinski definition) is 7. The van der Waals surface area contributed by atoms with Crippen LogP contribution < -0.4 is 14.8 Å². The second-order valence-corrected chi connectivity index (χ2v) is 8.82. The lowest BCUT2D eigenvalue weighted by atomic mass is 10.2. The number of carboxylic acid groups (broad SMARTS) is 1. The molecule has 1 aromatic heterocycles. The Labute approximate surface area is 199 Å². The largest absolute Gasteiger partial charge is 0.492 e. The molecule has 34 heavy (non-hydrogen) atoms. The van der Waals surface area contributed by atoms with Crippen molar-refractivity contribution in [3.05, 3.63) is 88.7 Å². The van der Waals surface area contributed by atoms with E-state index in [1.165, 1.54) is 6.07 Å². The Bertz CT molecular complexity index is 1310. The summed E-state index contributed by atoms with van der Waals surface area (Å²) < 4.78 is 32.6. The number of para-hydroxylation sites is 1. The van der Waals surface area contributed by atoms with Gasteiger partial charge in [0, 0.05) is 6.20 Å². The first-order valence-corrected chi connectivity index (χ1v) is 11.6. The predicted molar refractivity (Wildman–Crippen MR) is 122 cm³/mol. The van der Waals surface area contributed by atoms with Crippen LogP contribution in [0.1, 0.15) is 31.2 Å². The van der Waals surface area contributed by atoms with Crippen molar-refractivity contribution in [1.29, 1.82) is 0 Å². The Hall–Kier alpha value is -3.96. The van der Waals surface area contributed by atoms with Crippen LogP contribution in [0.5, 0.6) is 5.75 Å². The normalized spacial score (nSPS) is 10.9. The molecule has 0 saturated heterocycles. The number of rotatable bonds is 9. The summed E-state index contributed by atoms with van der Waals surface area (Å²) >= 11 is 6.06. The summed E-state index contributed by atoms with van der Waals surface area (Å²) in [5.41, 5.74) is -0.579. The van der Waals surface area contributed by atoms with Gasteiger partial charge in [-0.15, -0.1) is 0 Å². The molecule has 10 nitrogen and oxygen atoms in total. The van der Waals surface area contributed by atoms with Crippen LogP contribution in [0.3, 0.4) is 0 Å². The average molecular weight is 504 g/mol. The molecule has 3 rings (SSSR count). The third kappa shape index (κ3) is 6.30.